The Labute approximate surface area is 109 Å². The van der Waals surface area contributed by atoms with E-state index in [2.05, 4.69) is 10.1 Å². The van der Waals surface area contributed by atoms with E-state index in [0.29, 0.717) is 11.4 Å². The lowest BCUT2D eigenvalue weighted by molar-refractivity contribution is 0.630. The van der Waals surface area contributed by atoms with E-state index in [4.69, 9.17) is 17.3 Å². The van der Waals surface area contributed by atoms with Gasteiger partial charge in [-0.05, 0) is 13.8 Å². The standard InChI is InChI=1S/C11H15ClN4S/c1-6-11(12)10(16(3)15-6)4-8(13)9-5-17-7(2)14-9/h5,8H,4,13H2,1-3H3. The first-order chi connectivity index (χ1) is 7.99. The SMILES string of the molecule is Cc1nc(C(N)Cc2c(Cl)c(C)nn2C)cs1. The number of nitrogens with two attached hydrogens (primary N) is 1. The summed E-state index contributed by atoms with van der Waals surface area (Å²) in [5.74, 6) is 0. The summed E-state index contributed by atoms with van der Waals surface area (Å²) in [7, 11) is 1.88. The molecule has 0 aliphatic heterocycles. The molecule has 17 heavy (non-hydrogen) atoms. The van der Waals surface area contributed by atoms with Crippen LogP contribution in [0.1, 0.15) is 28.1 Å². The smallest absolute Gasteiger partial charge is 0.0898 e. The van der Waals surface area contributed by atoms with Gasteiger partial charge in [-0.1, -0.05) is 11.6 Å². The maximum absolute atomic E-state index is 6.19. The van der Waals surface area contributed by atoms with Crippen molar-refractivity contribution in [3.05, 3.63) is 32.5 Å². The van der Waals surface area contributed by atoms with Crippen LogP contribution in [0.2, 0.25) is 5.02 Å². The molecule has 0 aliphatic carbocycles. The Hall–Kier alpha value is -0.910. The predicted molar refractivity (Wildman–Crippen MR) is 70.4 cm³/mol. The summed E-state index contributed by atoms with van der Waals surface area (Å²) in [4.78, 5) is 4.39. The number of nitrogens with zero attached hydrogens (tertiary/aromatic N) is 3. The van der Waals surface area contributed by atoms with Gasteiger partial charge in [-0.25, -0.2) is 4.98 Å². The minimum atomic E-state index is -0.132. The van der Waals surface area contributed by atoms with Gasteiger partial charge in [-0.2, -0.15) is 5.10 Å². The molecule has 2 aromatic heterocycles. The number of aromatic nitrogens is 3. The van der Waals surface area contributed by atoms with Crippen molar-refractivity contribution in [3.8, 4) is 0 Å². The van der Waals surface area contributed by atoms with E-state index >= 15 is 0 Å². The highest BCUT2D eigenvalue weighted by Crippen LogP contribution is 2.24. The fourth-order valence-electron chi connectivity index (χ4n) is 1.77. The molecular formula is C11H15ClN4S. The molecule has 0 fully saturated rings. The molecule has 1 atom stereocenters. The molecule has 0 bridgehead atoms. The van der Waals surface area contributed by atoms with Crippen LogP contribution in [0.4, 0.5) is 0 Å². The molecular weight excluding hydrogens is 256 g/mol. The van der Waals surface area contributed by atoms with Crippen molar-refractivity contribution in [3.63, 3.8) is 0 Å². The van der Waals surface area contributed by atoms with Crippen molar-refractivity contribution in [1.82, 2.24) is 14.8 Å². The lowest BCUT2D eigenvalue weighted by Crippen LogP contribution is -2.16. The highest BCUT2D eigenvalue weighted by atomic mass is 35.5. The van der Waals surface area contributed by atoms with Crippen LogP contribution in [0.5, 0.6) is 0 Å². The molecule has 0 saturated carbocycles. The van der Waals surface area contributed by atoms with Crippen LogP contribution in [0.3, 0.4) is 0 Å². The Morgan fingerprint density at radius 1 is 1.53 bits per heavy atom. The minimum Gasteiger partial charge on any atom is -0.322 e. The van der Waals surface area contributed by atoms with Crippen molar-refractivity contribution in [2.45, 2.75) is 26.3 Å². The van der Waals surface area contributed by atoms with Crippen LogP contribution < -0.4 is 5.73 Å². The van der Waals surface area contributed by atoms with Gasteiger partial charge in [0.1, 0.15) is 0 Å². The first kappa shape index (κ1) is 12.5. The van der Waals surface area contributed by atoms with Gasteiger partial charge < -0.3 is 5.73 Å². The zero-order chi connectivity index (χ0) is 12.6. The third kappa shape index (κ3) is 2.51. The first-order valence-electron chi connectivity index (χ1n) is 5.34. The van der Waals surface area contributed by atoms with Gasteiger partial charge in [0, 0.05) is 18.8 Å². The van der Waals surface area contributed by atoms with Crippen molar-refractivity contribution in [2.75, 3.05) is 0 Å². The highest BCUT2D eigenvalue weighted by molar-refractivity contribution is 7.09. The van der Waals surface area contributed by atoms with Crippen LogP contribution in [0, 0.1) is 13.8 Å². The van der Waals surface area contributed by atoms with Crippen LogP contribution in [-0.4, -0.2) is 14.8 Å². The van der Waals surface area contributed by atoms with E-state index in [1.807, 2.05) is 26.3 Å². The van der Waals surface area contributed by atoms with Crippen molar-refractivity contribution in [1.29, 1.82) is 0 Å². The molecule has 92 valence electrons. The van der Waals surface area contributed by atoms with Gasteiger partial charge in [-0.3, -0.25) is 4.68 Å². The third-order valence-corrected chi connectivity index (χ3v) is 3.97. The van der Waals surface area contributed by atoms with Crippen molar-refractivity contribution >= 4 is 22.9 Å². The molecule has 1 unspecified atom stereocenters. The van der Waals surface area contributed by atoms with E-state index in [1.165, 1.54) is 0 Å². The van der Waals surface area contributed by atoms with Crippen LogP contribution >= 0.6 is 22.9 Å². The first-order valence-corrected chi connectivity index (χ1v) is 6.60. The van der Waals surface area contributed by atoms with E-state index in [1.54, 1.807) is 16.0 Å². The zero-order valence-corrected chi connectivity index (χ0v) is 11.6. The quantitative estimate of drug-likeness (QED) is 0.932. The van der Waals surface area contributed by atoms with Crippen molar-refractivity contribution < 1.29 is 0 Å². The number of aryl methyl sites for hydroxylation is 3. The van der Waals surface area contributed by atoms with Gasteiger partial charge in [0.05, 0.1) is 33.2 Å². The van der Waals surface area contributed by atoms with Crippen molar-refractivity contribution in [2.24, 2.45) is 12.8 Å². The van der Waals surface area contributed by atoms with Crippen LogP contribution in [0.25, 0.3) is 0 Å². The topological polar surface area (TPSA) is 56.7 Å². The summed E-state index contributed by atoms with van der Waals surface area (Å²) in [6.07, 6.45) is 0.652. The summed E-state index contributed by atoms with van der Waals surface area (Å²) < 4.78 is 1.79. The average Bonchev–Trinajstić information content (AvgIpc) is 2.79. The molecule has 4 nitrogen and oxygen atoms in total. The van der Waals surface area contributed by atoms with E-state index in [0.717, 1.165) is 22.1 Å². The van der Waals surface area contributed by atoms with Crippen LogP contribution in [0.15, 0.2) is 5.38 Å². The molecule has 0 amide bonds. The third-order valence-electron chi connectivity index (χ3n) is 2.69. The molecule has 2 heterocycles. The number of halogens is 1. The summed E-state index contributed by atoms with van der Waals surface area (Å²) >= 11 is 7.80. The van der Waals surface area contributed by atoms with E-state index in [9.17, 15) is 0 Å². The molecule has 0 saturated heterocycles. The molecule has 6 heteroatoms. The molecule has 2 N–H and O–H groups in total. The Bertz CT molecular complexity index is 532. The van der Waals surface area contributed by atoms with E-state index < -0.39 is 0 Å². The Balaban J connectivity index is 2.21. The second kappa shape index (κ2) is 4.76. The second-order valence-corrected chi connectivity index (χ2v) is 5.51. The monoisotopic (exact) mass is 270 g/mol. The summed E-state index contributed by atoms with van der Waals surface area (Å²) in [5.41, 5.74) is 8.85. The normalized spacial score (nSPS) is 13.0. The zero-order valence-electron chi connectivity index (χ0n) is 10.1. The second-order valence-electron chi connectivity index (χ2n) is 4.07. The maximum atomic E-state index is 6.19. The van der Waals surface area contributed by atoms with Gasteiger partial charge in [0.2, 0.25) is 0 Å². The largest absolute Gasteiger partial charge is 0.322 e. The molecule has 0 aromatic carbocycles. The fourth-order valence-corrected chi connectivity index (χ4v) is 2.68. The summed E-state index contributed by atoms with van der Waals surface area (Å²) in [5, 5.41) is 8.00. The fraction of sp³-hybridized carbons (Fsp3) is 0.455. The summed E-state index contributed by atoms with van der Waals surface area (Å²) in [6.45, 7) is 3.87. The van der Waals surface area contributed by atoms with Gasteiger partial charge in [0.25, 0.3) is 0 Å². The van der Waals surface area contributed by atoms with Crippen LogP contribution in [-0.2, 0) is 13.5 Å². The molecule has 0 radical (unpaired) electrons. The molecule has 2 rings (SSSR count). The average molecular weight is 271 g/mol. The summed E-state index contributed by atoms with van der Waals surface area (Å²) in [6, 6.07) is -0.132. The molecule has 0 aliphatic rings. The Kier molecular flexibility index (Phi) is 3.51. The predicted octanol–water partition coefficient (Wildman–Crippen LogP) is 2.39. The Morgan fingerprint density at radius 3 is 2.71 bits per heavy atom. The molecule has 2 aromatic rings. The number of rotatable bonds is 3. The van der Waals surface area contributed by atoms with Gasteiger partial charge >= 0.3 is 0 Å². The lowest BCUT2D eigenvalue weighted by Gasteiger charge is -2.09. The Morgan fingerprint density at radius 2 is 2.24 bits per heavy atom. The molecule has 0 spiro atoms. The maximum Gasteiger partial charge on any atom is 0.0898 e. The lowest BCUT2D eigenvalue weighted by atomic mass is 10.1. The van der Waals surface area contributed by atoms with E-state index in [-0.39, 0.29) is 6.04 Å². The highest BCUT2D eigenvalue weighted by Gasteiger charge is 2.17. The van der Waals surface area contributed by atoms with Gasteiger partial charge in [0.15, 0.2) is 0 Å². The number of thiazole rings is 1. The minimum absolute atomic E-state index is 0.132. The van der Waals surface area contributed by atoms with Gasteiger partial charge in [-0.15, -0.1) is 11.3 Å². The number of hydrogen-bond acceptors (Lipinski definition) is 4. The number of hydrogen-bond donors (Lipinski definition) is 1.